The number of anilines is 2. The summed E-state index contributed by atoms with van der Waals surface area (Å²) in [6.45, 7) is 2.96. The van der Waals surface area contributed by atoms with Gasteiger partial charge in [0, 0.05) is 26.0 Å². The van der Waals surface area contributed by atoms with Gasteiger partial charge in [-0.05, 0) is 24.6 Å². The number of benzene rings is 1. The van der Waals surface area contributed by atoms with E-state index in [0.29, 0.717) is 16.7 Å². The van der Waals surface area contributed by atoms with E-state index in [1.54, 1.807) is 0 Å². The quantitative estimate of drug-likeness (QED) is 0.745. The van der Waals surface area contributed by atoms with Crippen molar-refractivity contribution in [3.63, 3.8) is 0 Å². The normalized spacial score (nSPS) is 10.3. The lowest BCUT2D eigenvalue weighted by Gasteiger charge is -2.16. The second-order valence-corrected chi connectivity index (χ2v) is 6.09. The predicted molar refractivity (Wildman–Crippen MR) is 101 cm³/mol. The number of methoxy groups -OCH3 is 1. The van der Waals surface area contributed by atoms with Crippen molar-refractivity contribution in [1.29, 1.82) is 0 Å². The van der Waals surface area contributed by atoms with Crippen LogP contribution in [-0.2, 0) is 4.74 Å². The van der Waals surface area contributed by atoms with Gasteiger partial charge in [-0.25, -0.2) is 14.8 Å². The van der Waals surface area contributed by atoms with Crippen LogP contribution in [0.2, 0.25) is 5.02 Å². The number of rotatable bonds is 7. The Balaban J connectivity index is 2.11. The summed E-state index contributed by atoms with van der Waals surface area (Å²) in [7, 11) is 3.19. The minimum Gasteiger partial charge on any atom is -0.465 e. The molecule has 1 aromatic carbocycles. The minimum absolute atomic E-state index is 0.288. The van der Waals surface area contributed by atoms with Gasteiger partial charge in [-0.1, -0.05) is 24.9 Å². The highest BCUT2D eigenvalue weighted by Gasteiger charge is 2.14. The molecule has 1 amide bonds. The van der Waals surface area contributed by atoms with E-state index in [4.69, 9.17) is 11.6 Å². The summed E-state index contributed by atoms with van der Waals surface area (Å²) < 4.78 is 4.66. The second kappa shape index (κ2) is 9.15. The summed E-state index contributed by atoms with van der Waals surface area (Å²) in [6.07, 6.45) is 5.03. The molecule has 0 aliphatic heterocycles. The molecule has 0 aliphatic rings. The summed E-state index contributed by atoms with van der Waals surface area (Å²) in [6, 6.07) is 4.50. The highest BCUT2D eigenvalue weighted by atomic mass is 35.5. The fraction of sp³-hybridized carbons (Fsp3) is 0.333. The van der Waals surface area contributed by atoms with Crippen molar-refractivity contribution in [1.82, 2.24) is 9.97 Å². The van der Waals surface area contributed by atoms with Gasteiger partial charge in [-0.15, -0.1) is 0 Å². The maximum Gasteiger partial charge on any atom is 0.337 e. The molecule has 0 saturated heterocycles. The van der Waals surface area contributed by atoms with E-state index < -0.39 is 11.9 Å². The van der Waals surface area contributed by atoms with Crippen LogP contribution < -0.4 is 10.2 Å². The number of ether oxygens (including phenoxy) is 1. The number of esters is 1. The summed E-state index contributed by atoms with van der Waals surface area (Å²) in [5, 5.41) is 2.96. The molecule has 138 valence electrons. The van der Waals surface area contributed by atoms with Crippen LogP contribution in [0.25, 0.3) is 0 Å². The SMILES string of the molecule is CCCCN(C)c1ncc(C(=O)Nc2cc(C(=O)OC)ccc2Cl)cn1. The number of carbonyl (C=O) groups is 2. The molecule has 0 aliphatic carbocycles. The molecule has 1 aromatic heterocycles. The van der Waals surface area contributed by atoms with Crippen molar-refractivity contribution in [2.75, 3.05) is 30.9 Å². The number of amides is 1. The topological polar surface area (TPSA) is 84.4 Å². The first kappa shape index (κ1) is 19.7. The minimum atomic E-state index is -0.514. The Morgan fingerprint density at radius 1 is 1.23 bits per heavy atom. The monoisotopic (exact) mass is 376 g/mol. The van der Waals surface area contributed by atoms with Crippen molar-refractivity contribution < 1.29 is 14.3 Å². The third-order valence-electron chi connectivity index (χ3n) is 3.72. The van der Waals surface area contributed by atoms with E-state index >= 15 is 0 Å². The fourth-order valence-electron chi connectivity index (χ4n) is 2.19. The number of halogens is 1. The zero-order valence-electron chi connectivity index (χ0n) is 15.0. The first-order valence-electron chi connectivity index (χ1n) is 8.18. The Kier molecular flexibility index (Phi) is 6.91. The lowest BCUT2D eigenvalue weighted by Crippen LogP contribution is -2.21. The molecule has 0 saturated carbocycles. The molecule has 0 radical (unpaired) electrons. The highest BCUT2D eigenvalue weighted by Crippen LogP contribution is 2.24. The molecule has 1 heterocycles. The third kappa shape index (κ3) is 4.92. The van der Waals surface area contributed by atoms with Crippen molar-refractivity contribution in [2.24, 2.45) is 0 Å². The second-order valence-electron chi connectivity index (χ2n) is 5.69. The summed E-state index contributed by atoms with van der Waals surface area (Å²) in [4.78, 5) is 34.4. The van der Waals surface area contributed by atoms with Gasteiger partial charge < -0.3 is 15.0 Å². The third-order valence-corrected chi connectivity index (χ3v) is 4.05. The standard InChI is InChI=1S/C18H21ClN4O3/c1-4-5-8-23(2)18-20-10-13(11-21-18)16(24)22-15-9-12(17(25)26-3)6-7-14(15)19/h6-7,9-11H,4-5,8H2,1-3H3,(H,22,24). The van der Waals surface area contributed by atoms with Gasteiger partial charge in [0.25, 0.3) is 5.91 Å². The lowest BCUT2D eigenvalue weighted by molar-refractivity contribution is 0.0600. The van der Waals surface area contributed by atoms with Crippen molar-refractivity contribution in [3.05, 3.63) is 46.7 Å². The van der Waals surface area contributed by atoms with E-state index in [2.05, 4.69) is 26.9 Å². The van der Waals surface area contributed by atoms with Crippen molar-refractivity contribution in [2.45, 2.75) is 19.8 Å². The van der Waals surface area contributed by atoms with Gasteiger partial charge in [-0.3, -0.25) is 4.79 Å². The van der Waals surface area contributed by atoms with Gasteiger partial charge in [0.15, 0.2) is 0 Å². The molecule has 2 aromatic rings. The smallest absolute Gasteiger partial charge is 0.337 e. The number of nitrogens with one attached hydrogen (secondary N) is 1. The van der Waals surface area contributed by atoms with E-state index in [-0.39, 0.29) is 11.1 Å². The van der Waals surface area contributed by atoms with Gasteiger partial charge in [0.05, 0.1) is 28.9 Å². The maximum atomic E-state index is 12.4. The zero-order valence-corrected chi connectivity index (χ0v) is 15.7. The van der Waals surface area contributed by atoms with Gasteiger partial charge in [-0.2, -0.15) is 0 Å². The van der Waals surface area contributed by atoms with Crippen molar-refractivity contribution >= 4 is 35.1 Å². The Hall–Kier alpha value is -2.67. The molecule has 1 N–H and O–H groups in total. The van der Waals surface area contributed by atoms with Crippen LogP contribution in [0.4, 0.5) is 11.6 Å². The molecule has 8 heteroatoms. The Morgan fingerprint density at radius 3 is 2.54 bits per heavy atom. The van der Waals surface area contributed by atoms with Crippen LogP contribution in [0.1, 0.15) is 40.5 Å². The van der Waals surface area contributed by atoms with Crippen LogP contribution in [0.15, 0.2) is 30.6 Å². The summed E-state index contributed by atoms with van der Waals surface area (Å²) in [5.74, 6) is -0.377. The summed E-state index contributed by atoms with van der Waals surface area (Å²) >= 11 is 6.09. The number of hydrogen-bond donors (Lipinski definition) is 1. The Labute approximate surface area is 157 Å². The lowest BCUT2D eigenvalue weighted by atomic mass is 10.2. The molecule has 2 rings (SSSR count). The van der Waals surface area contributed by atoms with Crippen LogP contribution in [0.5, 0.6) is 0 Å². The Morgan fingerprint density at radius 2 is 1.92 bits per heavy atom. The van der Waals surface area contributed by atoms with Crippen LogP contribution in [0, 0.1) is 0 Å². The molecule has 0 bridgehead atoms. The number of hydrogen-bond acceptors (Lipinski definition) is 6. The zero-order chi connectivity index (χ0) is 19.1. The van der Waals surface area contributed by atoms with E-state index in [1.807, 2.05) is 11.9 Å². The number of nitrogens with zero attached hydrogens (tertiary/aromatic N) is 3. The van der Waals surface area contributed by atoms with E-state index in [9.17, 15) is 9.59 Å². The number of unbranched alkanes of at least 4 members (excludes halogenated alkanes) is 1. The molecule has 7 nitrogen and oxygen atoms in total. The van der Waals surface area contributed by atoms with E-state index in [1.165, 1.54) is 37.7 Å². The number of aromatic nitrogens is 2. The molecular weight excluding hydrogens is 356 g/mol. The molecule has 26 heavy (non-hydrogen) atoms. The average Bonchev–Trinajstić information content (AvgIpc) is 2.67. The largest absolute Gasteiger partial charge is 0.465 e. The average molecular weight is 377 g/mol. The summed E-state index contributed by atoms with van der Waals surface area (Å²) in [5.41, 5.74) is 0.886. The number of carbonyl (C=O) groups excluding carboxylic acids is 2. The molecule has 0 spiro atoms. The molecule has 0 unspecified atom stereocenters. The van der Waals surface area contributed by atoms with Gasteiger partial charge >= 0.3 is 5.97 Å². The Bertz CT molecular complexity index is 781. The van der Waals surface area contributed by atoms with Crippen LogP contribution >= 0.6 is 11.6 Å². The first-order valence-corrected chi connectivity index (χ1v) is 8.56. The van der Waals surface area contributed by atoms with Crippen molar-refractivity contribution in [3.8, 4) is 0 Å². The maximum absolute atomic E-state index is 12.4. The van der Waals surface area contributed by atoms with Crippen LogP contribution in [-0.4, -0.2) is 42.5 Å². The van der Waals surface area contributed by atoms with Crippen LogP contribution in [0.3, 0.4) is 0 Å². The molecular formula is C18H21ClN4O3. The first-order chi connectivity index (χ1) is 12.5. The predicted octanol–water partition coefficient (Wildman–Crippen LogP) is 3.41. The molecule has 0 fully saturated rings. The molecule has 0 atom stereocenters. The van der Waals surface area contributed by atoms with E-state index in [0.717, 1.165) is 19.4 Å². The van der Waals surface area contributed by atoms with Gasteiger partial charge in [0.1, 0.15) is 0 Å². The fourth-order valence-corrected chi connectivity index (χ4v) is 2.36. The highest BCUT2D eigenvalue weighted by molar-refractivity contribution is 6.34. The van der Waals surface area contributed by atoms with Gasteiger partial charge in [0.2, 0.25) is 5.95 Å².